The van der Waals surface area contributed by atoms with Crippen LogP contribution in [-0.2, 0) is 0 Å². The first-order valence-corrected chi connectivity index (χ1v) is 2.68. The maximum Gasteiger partial charge on any atom is 0.668 e. The van der Waals surface area contributed by atoms with Crippen LogP contribution in [0, 0.1) is 0 Å². The van der Waals surface area contributed by atoms with E-state index in [1.165, 1.54) is 0 Å². The molecule has 0 amide bonds. The Morgan fingerprint density at radius 2 is 0.750 bits per heavy atom. The van der Waals surface area contributed by atoms with Crippen molar-refractivity contribution in [2.24, 2.45) is 0 Å². The lowest BCUT2D eigenvalue weighted by molar-refractivity contribution is 0.117. The fourth-order valence-electron chi connectivity index (χ4n) is 0. The molecule has 0 aliphatic rings. The highest BCUT2D eigenvalue weighted by molar-refractivity contribution is 6.46. The summed E-state index contributed by atoms with van der Waals surface area (Å²) in [5.74, 6) is 0. The minimum atomic E-state index is -4.61. The lowest BCUT2D eigenvalue weighted by atomic mass is 15.7. The summed E-state index contributed by atoms with van der Waals surface area (Å²) in [6.45, 7) is 0. The van der Waals surface area contributed by atoms with Crippen molar-refractivity contribution >= 4 is 43.8 Å². The normalized spacial score (nSPS) is 7.50. The van der Waals surface area contributed by atoms with Crippen molar-refractivity contribution in [3.05, 3.63) is 0 Å². The molecular weight excluding hydrogens is 162 g/mol. The molecule has 0 atom stereocenters. The second-order valence-corrected chi connectivity index (χ2v) is 1.80. The lowest BCUT2D eigenvalue weighted by Crippen LogP contribution is -2.33. The molecule has 0 saturated heterocycles. The number of rotatable bonds is 0. The Kier molecular flexibility index (Phi) is 23.2. The highest BCUT2D eigenvalue weighted by Crippen LogP contribution is 1.67. The van der Waals surface area contributed by atoms with Gasteiger partial charge in [-0.2, -0.15) is 0 Å². The summed E-state index contributed by atoms with van der Waals surface area (Å²) in [5.41, 5.74) is 0. The van der Waals surface area contributed by atoms with Crippen LogP contribution in [0.5, 0.6) is 0 Å². The molecule has 0 rings (SSSR count). The number of hydrogen-bond acceptors (Lipinski definition) is 4. The number of hydrogen-bond donors (Lipinski definition) is 4. The largest absolute Gasteiger partial charge is 0.668 e. The lowest BCUT2D eigenvalue weighted by Gasteiger charge is -1.91. The Bertz CT molecular complexity index is 25.9. The first-order valence-electron chi connectivity index (χ1n) is 0.894. The third-order valence-corrected chi connectivity index (χ3v) is 0. The van der Waals surface area contributed by atoms with Gasteiger partial charge in [0.2, 0.25) is 0 Å². The van der Waals surface area contributed by atoms with Gasteiger partial charge in [0, 0.05) is 0 Å². The van der Waals surface area contributed by atoms with Crippen LogP contribution in [0.3, 0.4) is 0 Å². The van der Waals surface area contributed by atoms with Crippen LogP contribution < -0.4 is 0 Å². The predicted molar refractivity (Wildman–Crippen MR) is 38.1 cm³/mol. The van der Waals surface area contributed by atoms with Crippen molar-refractivity contribution < 1.29 is 24.7 Å². The fourth-order valence-corrected chi connectivity index (χ4v) is 0. The van der Waals surface area contributed by atoms with E-state index in [1.807, 2.05) is 0 Å². The Morgan fingerprint density at radius 1 is 0.750 bits per heavy atom. The van der Waals surface area contributed by atoms with Crippen LogP contribution in [0.4, 0.5) is 0 Å². The molecule has 0 aromatic carbocycles. The molecule has 0 heterocycles. The maximum atomic E-state index is 7.33. The molecule has 8 heteroatoms. The van der Waals surface area contributed by atoms with Gasteiger partial charge in [0.15, 0.2) is 34.7 Å². The zero-order valence-electron chi connectivity index (χ0n) is 2.79. The molecule has 0 saturated carbocycles. The SMILES string of the molecule is O.O[Si](O)(O)O.[AlH3].[AlH3]. The molecule has 0 radical (unpaired) electrons. The molecular formula is H12Al2O5Si. The van der Waals surface area contributed by atoms with Crippen LogP contribution in [0.25, 0.3) is 0 Å². The minimum Gasteiger partial charge on any atom is -0.412 e. The third-order valence-electron chi connectivity index (χ3n) is 0. The van der Waals surface area contributed by atoms with Crippen molar-refractivity contribution in [1.82, 2.24) is 0 Å². The first-order chi connectivity index (χ1) is 2.00. The Hall–Kier alpha value is 1.08. The van der Waals surface area contributed by atoms with Crippen LogP contribution >= 0.6 is 0 Å². The molecule has 0 aliphatic heterocycles. The van der Waals surface area contributed by atoms with Gasteiger partial charge < -0.3 is 24.7 Å². The molecule has 52 valence electrons. The minimum absolute atomic E-state index is 0. The van der Waals surface area contributed by atoms with Gasteiger partial charge in [-0.05, 0) is 0 Å². The molecule has 5 nitrogen and oxygen atoms in total. The molecule has 0 spiro atoms. The van der Waals surface area contributed by atoms with Gasteiger partial charge in [-0.1, -0.05) is 0 Å². The summed E-state index contributed by atoms with van der Waals surface area (Å²) >= 11 is 0. The Morgan fingerprint density at radius 3 is 0.750 bits per heavy atom. The highest BCUT2D eigenvalue weighted by Gasteiger charge is 2.22. The standard InChI is InChI=1S/2Al.H4O4Si.H2O.6H/c;;1-5(2,3)4;;;;;;;/h;;1-4H;1H2;;;;;;. The summed E-state index contributed by atoms with van der Waals surface area (Å²) in [6.07, 6.45) is 0. The molecule has 0 bridgehead atoms. The average Bonchev–Trinajstić information content (AvgIpc) is 0.722. The molecule has 0 unspecified atom stereocenters. The smallest absolute Gasteiger partial charge is 0.412 e. The second kappa shape index (κ2) is 8.08. The summed E-state index contributed by atoms with van der Waals surface area (Å²) in [5, 5.41) is 0. The van der Waals surface area contributed by atoms with Gasteiger partial charge in [-0.25, -0.2) is 0 Å². The highest BCUT2D eigenvalue weighted by atomic mass is 28.4. The molecule has 8 heavy (non-hydrogen) atoms. The zero-order chi connectivity index (χ0) is 4.50. The summed E-state index contributed by atoms with van der Waals surface area (Å²) in [6, 6.07) is 0. The zero-order valence-corrected chi connectivity index (χ0v) is 3.79. The van der Waals surface area contributed by atoms with E-state index in [0.29, 0.717) is 0 Å². The monoisotopic (exact) mass is 174 g/mol. The predicted octanol–water partition coefficient (Wildman–Crippen LogP) is -5.80. The fraction of sp³-hybridized carbons (Fsp3) is 0. The van der Waals surface area contributed by atoms with Crippen molar-refractivity contribution in [3.8, 4) is 0 Å². The van der Waals surface area contributed by atoms with Crippen LogP contribution in [0.15, 0.2) is 0 Å². The first kappa shape index (κ1) is 23.0. The van der Waals surface area contributed by atoms with E-state index in [9.17, 15) is 0 Å². The Labute approximate surface area is 68.7 Å². The average molecular weight is 174 g/mol. The van der Waals surface area contributed by atoms with E-state index in [4.69, 9.17) is 19.2 Å². The maximum absolute atomic E-state index is 7.33. The Balaban J connectivity index is -0.0000000267. The van der Waals surface area contributed by atoms with Crippen molar-refractivity contribution in [1.29, 1.82) is 0 Å². The van der Waals surface area contributed by atoms with Gasteiger partial charge >= 0.3 is 9.05 Å². The van der Waals surface area contributed by atoms with E-state index in [0.717, 1.165) is 0 Å². The molecule has 6 N–H and O–H groups in total. The van der Waals surface area contributed by atoms with Crippen molar-refractivity contribution in [2.45, 2.75) is 0 Å². The van der Waals surface area contributed by atoms with Crippen LogP contribution in [-0.4, -0.2) is 68.4 Å². The topological polar surface area (TPSA) is 112 Å². The van der Waals surface area contributed by atoms with Crippen LogP contribution in [0.1, 0.15) is 0 Å². The summed E-state index contributed by atoms with van der Waals surface area (Å²) in [4.78, 5) is 29.3. The molecule has 0 fully saturated rings. The van der Waals surface area contributed by atoms with E-state index >= 15 is 0 Å². The van der Waals surface area contributed by atoms with Gasteiger partial charge in [-0.15, -0.1) is 0 Å². The van der Waals surface area contributed by atoms with E-state index in [2.05, 4.69) is 0 Å². The quantitative estimate of drug-likeness (QED) is 0.274. The molecule has 0 aliphatic carbocycles. The van der Waals surface area contributed by atoms with Gasteiger partial charge in [0.25, 0.3) is 0 Å². The van der Waals surface area contributed by atoms with Gasteiger partial charge in [0.05, 0.1) is 0 Å². The van der Waals surface area contributed by atoms with Gasteiger partial charge in [0.1, 0.15) is 0 Å². The van der Waals surface area contributed by atoms with E-state index in [-0.39, 0.29) is 40.2 Å². The van der Waals surface area contributed by atoms with Gasteiger partial charge in [-0.3, -0.25) is 0 Å². The third kappa shape index (κ3) is 224. The second-order valence-electron chi connectivity index (χ2n) is 0.600. The summed E-state index contributed by atoms with van der Waals surface area (Å²) in [7, 11) is -4.61. The van der Waals surface area contributed by atoms with E-state index in [1.54, 1.807) is 0 Å². The van der Waals surface area contributed by atoms with Crippen LogP contribution in [0.2, 0.25) is 0 Å². The van der Waals surface area contributed by atoms with E-state index < -0.39 is 9.05 Å². The summed E-state index contributed by atoms with van der Waals surface area (Å²) < 4.78 is 0. The molecule has 0 aromatic heterocycles. The van der Waals surface area contributed by atoms with Crippen molar-refractivity contribution in [3.63, 3.8) is 0 Å². The van der Waals surface area contributed by atoms with Crippen molar-refractivity contribution in [2.75, 3.05) is 0 Å². The molecule has 0 aromatic rings.